The fourth-order valence-corrected chi connectivity index (χ4v) is 1.84. The topological polar surface area (TPSA) is 66.5 Å². The molecule has 0 fully saturated rings. The predicted octanol–water partition coefficient (Wildman–Crippen LogP) is 3.06. The third-order valence-corrected chi connectivity index (χ3v) is 2.78. The molecule has 90 valence electrons. The average molecular weight is 260 g/mol. The zero-order valence-electron chi connectivity index (χ0n) is 9.61. The molecular formula is C12H10ClN5. The van der Waals surface area contributed by atoms with Crippen LogP contribution in [-0.4, -0.2) is 20.2 Å². The summed E-state index contributed by atoms with van der Waals surface area (Å²) in [5.74, 6) is 1.41. The standard InChI is InChI=1S/C12H10ClN5/c1-7-15-11(10-6-14-18-12(10)16-7)17-9-4-2-8(13)3-5-9/h2-6H,1H3,(H2,14,15,16,17,18). The van der Waals surface area contributed by atoms with Gasteiger partial charge in [0, 0.05) is 10.7 Å². The fraction of sp³-hybridized carbons (Fsp3) is 0.0833. The Bertz CT molecular complexity index is 689. The molecule has 2 heterocycles. The average Bonchev–Trinajstić information content (AvgIpc) is 2.80. The van der Waals surface area contributed by atoms with E-state index in [4.69, 9.17) is 11.6 Å². The number of rotatable bonds is 2. The summed E-state index contributed by atoms with van der Waals surface area (Å²) in [7, 11) is 0. The van der Waals surface area contributed by atoms with Gasteiger partial charge < -0.3 is 5.32 Å². The molecule has 3 rings (SSSR count). The van der Waals surface area contributed by atoms with E-state index in [1.807, 2.05) is 31.2 Å². The van der Waals surface area contributed by atoms with Gasteiger partial charge in [-0.3, -0.25) is 5.10 Å². The number of benzene rings is 1. The zero-order chi connectivity index (χ0) is 12.5. The fourth-order valence-electron chi connectivity index (χ4n) is 1.71. The molecular weight excluding hydrogens is 250 g/mol. The van der Waals surface area contributed by atoms with Gasteiger partial charge in [0.2, 0.25) is 0 Å². The second kappa shape index (κ2) is 4.27. The van der Waals surface area contributed by atoms with Crippen LogP contribution in [0.3, 0.4) is 0 Å². The number of hydrogen-bond donors (Lipinski definition) is 2. The summed E-state index contributed by atoms with van der Waals surface area (Å²) in [6.45, 7) is 1.84. The van der Waals surface area contributed by atoms with Crippen molar-refractivity contribution < 1.29 is 0 Å². The van der Waals surface area contributed by atoms with Gasteiger partial charge in [-0.2, -0.15) is 5.10 Å². The van der Waals surface area contributed by atoms with Gasteiger partial charge in [-0.15, -0.1) is 0 Å². The number of anilines is 2. The number of hydrogen-bond acceptors (Lipinski definition) is 4. The molecule has 1 aromatic carbocycles. The van der Waals surface area contributed by atoms with Gasteiger partial charge in [-0.1, -0.05) is 11.6 Å². The van der Waals surface area contributed by atoms with E-state index in [2.05, 4.69) is 25.5 Å². The summed E-state index contributed by atoms with van der Waals surface area (Å²) in [6, 6.07) is 7.44. The number of halogens is 1. The van der Waals surface area contributed by atoms with Crippen LogP contribution in [0.5, 0.6) is 0 Å². The maximum atomic E-state index is 5.85. The second-order valence-electron chi connectivity index (χ2n) is 3.88. The molecule has 0 bridgehead atoms. The molecule has 18 heavy (non-hydrogen) atoms. The van der Waals surface area contributed by atoms with Crippen molar-refractivity contribution in [1.29, 1.82) is 0 Å². The van der Waals surface area contributed by atoms with Crippen molar-refractivity contribution >= 4 is 34.1 Å². The maximum absolute atomic E-state index is 5.85. The van der Waals surface area contributed by atoms with Gasteiger partial charge in [0.1, 0.15) is 11.6 Å². The van der Waals surface area contributed by atoms with Crippen LogP contribution in [0.1, 0.15) is 5.82 Å². The maximum Gasteiger partial charge on any atom is 0.161 e. The van der Waals surface area contributed by atoms with Crippen molar-refractivity contribution in [2.24, 2.45) is 0 Å². The zero-order valence-corrected chi connectivity index (χ0v) is 10.4. The van der Waals surface area contributed by atoms with Crippen molar-refractivity contribution in [3.8, 4) is 0 Å². The summed E-state index contributed by atoms with van der Waals surface area (Å²) >= 11 is 5.85. The van der Waals surface area contributed by atoms with Crippen LogP contribution in [0, 0.1) is 6.92 Å². The first kappa shape index (κ1) is 11.0. The van der Waals surface area contributed by atoms with E-state index >= 15 is 0 Å². The second-order valence-corrected chi connectivity index (χ2v) is 4.32. The lowest BCUT2D eigenvalue weighted by Crippen LogP contribution is -1.97. The third kappa shape index (κ3) is 2.00. The molecule has 5 nitrogen and oxygen atoms in total. The summed E-state index contributed by atoms with van der Waals surface area (Å²) in [5.41, 5.74) is 1.64. The van der Waals surface area contributed by atoms with E-state index < -0.39 is 0 Å². The van der Waals surface area contributed by atoms with Crippen LogP contribution in [0.4, 0.5) is 11.5 Å². The first-order chi connectivity index (χ1) is 8.72. The Hall–Kier alpha value is -2.14. The van der Waals surface area contributed by atoms with Crippen molar-refractivity contribution in [3.63, 3.8) is 0 Å². The number of nitrogens with zero attached hydrogens (tertiary/aromatic N) is 3. The number of aryl methyl sites for hydroxylation is 1. The van der Waals surface area contributed by atoms with Gasteiger partial charge in [0.25, 0.3) is 0 Å². The molecule has 2 N–H and O–H groups in total. The lowest BCUT2D eigenvalue weighted by Gasteiger charge is -2.07. The van der Waals surface area contributed by atoms with Crippen molar-refractivity contribution in [2.45, 2.75) is 6.92 Å². The lowest BCUT2D eigenvalue weighted by molar-refractivity contribution is 1.05. The molecule has 0 aliphatic carbocycles. The van der Waals surface area contributed by atoms with Crippen LogP contribution in [-0.2, 0) is 0 Å². The van der Waals surface area contributed by atoms with E-state index in [0.717, 1.165) is 22.5 Å². The summed E-state index contributed by atoms with van der Waals surface area (Å²) in [5, 5.41) is 11.6. The van der Waals surface area contributed by atoms with Crippen LogP contribution < -0.4 is 5.32 Å². The van der Waals surface area contributed by atoms with Crippen LogP contribution in [0.25, 0.3) is 11.0 Å². The summed E-state index contributed by atoms with van der Waals surface area (Å²) < 4.78 is 0. The molecule has 2 aromatic heterocycles. The molecule has 0 spiro atoms. The Morgan fingerprint density at radius 2 is 1.94 bits per heavy atom. The monoisotopic (exact) mass is 259 g/mol. The SMILES string of the molecule is Cc1nc(Nc2ccc(Cl)cc2)c2cn[nH]c2n1. The highest BCUT2D eigenvalue weighted by molar-refractivity contribution is 6.30. The third-order valence-electron chi connectivity index (χ3n) is 2.53. The molecule has 0 unspecified atom stereocenters. The smallest absolute Gasteiger partial charge is 0.161 e. The predicted molar refractivity (Wildman–Crippen MR) is 71.2 cm³/mol. The van der Waals surface area contributed by atoms with E-state index in [1.165, 1.54) is 0 Å². The van der Waals surface area contributed by atoms with Crippen molar-refractivity contribution in [3.05, 3.63) is 41.3 Å². The minimum absolute atomic E-state index is 0.684. The minimum atomic E-state index is 0.684. The number of fused-ring (bicyclic) bond motifs is 1. The molecule has 0 atom stereocenters. The van der Waals surface area contributed by atoms with E-state index in [-0.39, 0.29) is 0 Å². The highest BCUT2D eigenvalue weighted by atomic mass is 35.5. The molecule has 0 saturated carbocycles. The number of aromatic nitrogens is 4. The Morgan fingerprint density at radius 1 is 1.17 bits per heavy atom. The van der Waals surface area contributed by atoms with Crippen molar-refractivity contribution in [2.75, 3.05) is 5.32 Å². The van der Waals surface area contributed by atoms with E-state index in [1.54, 1.807) is 6.20 Å². The van der Waals surface area contributed by atoms with E-state index in [9.17, 15) is 0 Å². The molecule has 3 aromatic rings. The van der Waals surface area contributed by atoms with Crippen LogP contribution in [0.15, 0.2) is 30.5 Å². The molecule has 0 saturated heterocycles. The highest BCUT2D eigenvalue weighted by Gasteiger charge is 2.07. The van der Waals surface area contributed by atoms with E-state index in [0.29, 0.717) is 10.8 Å². The van der Waals surface area contributed by atoms with Gasteiger partial charge >= 0.3 is 0 Å². The molecule has 0 aliphatic rings. The Kier molecular flexibility index (Phi) is 2.60. The molecule has 6 heteroatoms. The summed E-state index contributed by atoms with van der Waals surface area (Å²) in [4.78, 5) is 8.64. The van der Waals surface area contributed by atoms with Crippen molar-refractivity contribution in [1.82, 2.24) is 20.2 Å². The quantitative estimate of drug-likeness (QED) is 0.742. The van der Waals surface area contributed by atoms with Gasteiger partial charge in [-0.05, 0) is 31.2 Å². The Labute approximate surface area is 108 Å². The van der Waals surface area contributed by atoms with Crippen LogP contribution in [0.2, 0.25) is 5.02 Å². The number of H-pyrrole nitrogens is 1. The highest BCUT2D eigenvalue weighted by Crippen LogP contribution is 2.23. The largest absolute Gasteiger partial charge is 0.340 e. The normalized spacial score (nSPS) is 10.8. The first-order valence-electron chi connectivity index (χ1n) is 5.43. The molecule has 0 amide bonds. The molecule has 0 radical (unpaired) electrons. The van der Waals surface area contributed by atoms with Gasteiger partial charge in [0.15, 0.2) is 5.65 Å². The first-order valence-corrected chi connectivity index (χ1v) is 5.80. The number of nitrogens with one attached hydrogen (secondary N) is 2. The van der Waals surface area contributed by atoms with Gasteiger partial charge in [-0.25, -0.2) is 9.97 Å². The number of aromatic amines is 1. The summed E-state index contributed by atoms with van der Waals surface area (Å²) in [6.07, 6.45) is 1.70. The van der Waals surface area contributed by atoms with Crippen LogP contribution >= 0.6 is 11.6 Å². The Balaban J connectivity index is 2.03. The Morgan fingerprint density at radius 3 is 2.72 bits per heavy atom. The lowest BCUT2D eigenvalue weighted by atomic mass is 10.3. The molecule has 0 aliphatic heterocycles. The minimum Gasteiger partial charge on any atom is -0.340 e. The van der Waals surface area contributed by atoms with Gasteiger partial charge in [0.05, 0.1) is 11.6 Å².